The van der Waals surface area contributed by atoms with Gasteiger partial charge < -0.3 is 4.74 Å². The molecule has 0 saturated heterocycles. The van der Waals surface area contributed by atoms with Crippen LogP contribution in [0.5, 0.6) is 0 Å². The van der Waals surface area contributed by atoms with E-state index >= 15 is 0 Å². The highest BCUT2D eigenvalue weighted by atomic mass is 32.2. The fourth-order valence-corrected chi connectivity index (χ4v) is 2.77. The lowest BCUT2D eigenvalue weighted by molar-refractivity contribution is 0.0438. The Kier molecular flexibility index (Phi) is 6.05. The molecule has 0 fully saturated rings. The van der Waals surface area contributed by atoms with Crippen molar-refractivity contribution in [3.63, 3.8) is 0 Å². The molecule has 8 nitrogen and oxygen atoms in total. The van der Waals surface area contributed by atoms with Crippen molar-refractivity contribution in [2.24, 2.45) is 0 Å². The molecule has 0 saturated carbocycles. The summed E-state index contributed by atoms with van der Waals surface area (Å²) < 4.78 is 53.4. The van der Waals surface area contributed by atoms with Crippen LogP contribution in [0.1, 0.15) is 0 Å². The number of methoxy groups -OCH3 is 1. The van der Waals surface area contributed by atoms with E-state index in [1.165, 1.54) is 38.4 Å². The Morgan fingerprint density at radius 1 is 0.950 bits per heavy atom. The average Bonchev–Trinajstić information content (AvgIpc) is 2.44. The van der Waals surface area contributed by atoms with Gasteiger partial charge in [0.15, 0.2) is 0 Å². The summed E-state index contributed by atoms with van der Waals surface area (Å²) in [5, 5.41) is 0. The van der Waals surface area contributed by atoms with Crippen LogP contribution in [0, 0.1) is 0 Å². The van der Waals surface area contributed by atoms with Crippen LogP contribution in [0.25, 0.3) is 0 Å². The van der Waals surface area contributed by atoms with Gasteiger partial charge in [-0.05, 0) is 31.3 Å². The first-order valence-corrected chi connectivity index (χ1v) is 8.46. The maximum atomic E-state index is 11.8. The number of rotatable bonds is 8. The van der Waals surface area contributed by atoms with Gasteiger partial charge in [0.2, 0.25) is 10.0 Å². The summed E-state index contributed by atoms with van der Waals surface area (Å²) in [6.45, 7) is 0.295. The van der Waals surface area contributed by atoms with Crippen molar-refractivity contribution in [1.82, 2.24) is 9.61 Å². The summed E-state index contributed by atoms with van der Waals surface area (Å²) in [4.78, 5) is 6.49. The summed E-state index contributed by atoms with van der Waals surface area (Å²) in [6, 6.07) is 4.73. The van der Waals surface area contributed by atoms with Crippen LogP contribution >= 0.6 is 0 Å². The Labute approximate surface area is 118 Å². The van der Waals surface area contributed by atoms with E-state index in [2.05, 4.69) is 4.72 Å². The second kappa shape index (κ2) is 7.11. The first kappa shape index (κ1) is 17.0. The van der Waals surface area contributed by atoms with Gasteiger partial charge in [0.05, 0.1) is 23.0 Å². The molecule has 0 bridgehead atoms. The Hall–Kier alpha value is -1.04. The van der Waals surface area contributed by atoms with Crippen molar-refractivity contribution < 1.29 is 26.4 Å². The molecule has 1 aromatic rings. The summed E-state index contributed by atoms with van der Waals surface area (Å²) in [5.74, 6) is 0. The molecule has 0 aliphatic carbocycles. The predicted molar refractivity (Wildman–Crippen MR) is 70.8 cm³/mol. The molecule has 114 valence electrons. The van der Waals surface area contributed by atoms with Crippen LogP contribution in [0.3, 0.4) is 0 Å². The molecule has 2 N–H and O–H groups in total. The van der Waals surface area contributed by atoms with Crippen LogP contribution in [0.4, 0.5) is 0 Å². The maximum Gasteiger partial charge on any atom is 0.262 e. The molecule has 20 heavy (non-hydrogen) atoms. The lowest BCUT2D eigenvalue weighted by Crippen LogP contribution is -2.26. The molecule has 0 radical (unpaired) electrons. The van der Waals surface area contributed by atoms with Crippen LogP contribution in [-0.2, 0) is 29.6 Å². The van der Waals surface area contributed by atoms with Gasteiger partial charge in [-0.25, -0.2) is 21.6 Å². The van der Waals surface area contributed by atoms with E-state index in [1.807, 2.05) is 4.89 Å². The minimum atomic E-state index is -3.85. The third kappa shape index (κ3) is 4.51. The molecule has 1 aromatic carbocycles. The van der Waals surface area contributed by atoms with Crippen molar-refractivity contribution in [2.45, 2.75) is 9.79 Å². The second-order valence-electron chi connectivity index (χ2n) is 3.61. The third-order valence-corrected chi connectivity index (χ3v) is 4.93. The number of benzene rings is 1. The summed E-state index contributed by atoms with van der Waals surface area (Å²) in [7, 11) is -4.72. The largest absolute Gasteiger partial charge is 0.382 e. The highest BCUT2D eigenvalue weighted by Gasteiger charge is 2.16. The van der Waals surface area contributed by atoms with Crippen molar-refractivity contribution in [1.29, 1.82) is 0 Å². The zero-order valence-corrected chi connectivity index (χ0v) is 12.6. The highest BCUT2D eigenvalue weighted by molar-refractivity contribution is 7.89. The second-order valence-corrected chi connectivity index (χ2v) is 7.14. The van der Waals surface area contributed by atoms with Gasteiger partial charge in [0.1, 0.15) is 0 Å². The van der Waals surface area contributed by atoms with Gasteiger partial charge in [-0.3, -0.25) is 4.84 Å². The molecule has 0 spiro atoms. The molecule has 0 aliphatic rings. The fraction of sp³-hybridized carbons (Fsp3) is 0.400. The van der Waals surface area contributed by atoms with E-state index in [-0.39, 0.29) is 23.0 Å². The number of sulfonamides is 2. The van der Waals surface area contributed by atoms with E-state index < -0.39 is 20.0 Å². The van der Waals surface area contributed by atoms with Crippen molar-refractivity contribution in [3.8, 4) is 0 Å². The van der Waals surface area contributed by atoms with E-state index in [0.29, 0.717) is 0 Å². The van der Waals surface area contributed by atoms with Gasteiger partial charge in [-0.1, -0.05) is 4.89 Å². The van der Waals surface area contributed by atoms with E-state index in [9.17, 15) is 16.8 Å². The van der Waals surface area contributed by atoms with Crippen molar-refractivity contribution >= 4 is 20.0 Å². The topological polar surface area (TPSA) is 111 Å². The molecular weight excluding hydrogens is 308 g/mol. The Morgan fingerprint density at radius 2 is 1.45 bits per heavy atom. The van der Waals surface area contributed by atoms with Crippen LogP contribution in [-0.4, -0.2) is 44.2 Å². The van der Waals surface area contributed by atoms with Gasteiger partial charge in [0, 0.05) is 7.11 Å². The summed E-state index contributed by atoms with van der Waals surface area (Å²) in [6.07, 6.45) is 0. The zero-order valence-electron chi connectivity index (χ0n) is 11.0. The van der Waals surface area contributed by atoms with Gasteiger partial charge in [-0.2, -0.15) is 0 Å². The van der Waals surface area contributed by atoms with Gasteiger partial charge in [-0.15, -0.1) is 0 Å². The highest BCUT2D eigenvalue weighted by Crippen LogP contribution is 2.13. The molecule has 0 unspecified atom stereocenters. The van der Waals surface area contributed by atoms with Crippen LogP contribution in [0.2, 0.25) is 0 Å². The normalized spacial score (nSPS) is 12.5. The monoisotopic (exact) mass is 324 g/mol. The predicted octanol–water partition coefficient (Wildman–Crippen LogP) is -0.549. The number of hydrogen-bond donors (Lipinski definition) is 2. The minimum absolute atomic E-state index is 0.0285. The SMILES string of the molecule is CNS(=O)(=O)c1ccc(S(=O)(=O)NOCCOC)cc1. The summed E-state index contributed by atoms with van der Waals surface area (Å²) in [5.41, 5.74) is 0. The Balaban J connectivity index is 2.82. The third-order valence-electron chi connectivity index (χ3n) is 2.27. The molecule has 0 amide bonds. The summed E-state index contributed by atoms with van der Waals surface area (Å²) >= 11 is 0. The number of hydrogen-bond acceptors (Lipinski definition) is 6. The smallest absolute Gasteiger partial charge is 0.262 e. The Morgan fingerprint density at radius 3 is 1.90 bits per heavy atom. The fourth-order valence-electron chi connectivity index (χ4n) is 1.21. The molecule has 0 heterocycles. The van der Waals surface area contributed by atoms with Crippen molar-refractivity contribution in [3.05, 3.63) is 24.3 Å². The number of ether oxygens (including phenoxy) is 1. The lowest BCUT2D eigenvalue weighted by Gasteiger charge is -2.08. The first-order valence-electron chi connectivity index (χ1n) is 5.49. The van der Waals surface area contributed by atoms with E-state index in [1.54, 1.807) is 0 Å². The van der Waals surface area contributed by atoms with Gasteiger partial charge >= 0.3 is 0 Å². The van der Waals surface area contributed by atoms with Crippen LogP contribution in [0.15, 0.2) is 34.1 Å². The molecular formula is C10H16N2O6S2. The molecule has 0 aliphatic heterocycles. The molecule has 10 heteroatoms. The minimum Gasteiger partial charge on any atom is -0.382 e. The quantitative estimate of drug-likeness (QED) is 0.490. The van der Waals surface area contributed by atoms with E-state index in [0.717, 1.165) is 0 Å². The van der Waals surface area contributed by atoms with Crippen LogP contribution < -0.4 is 9.61 Å². The molecule has 1 rings (SSSR count). The molecule has 0 aromatic heterocycles. The van der Waals surface area contributed by atoms with E-state index in [4.69, 9.17) is 9.57 Å². The number of nitrogens with one attached hydrogen (secondary N) is 2. The Bertz CT molecular complexity index is 624. The standard InChI is InChI=1S/C10H16N2O6S2/c1-11-19(13,14)9-3-5-10(6-4-9)20(15,16)12-18-8-7-17-2/h3-6,11-12H,7-8H2,1-2H3. The average molecular weight is 324 g/mol. The van der Waals surface area contributed by atoms with Gasteiger partial charge in [0.25, 0.3) is 10.0 Å². The maximum absolute atomic E-state index is 11.8. The molecule has 0 atom stereocenters. The lowest BCUT2D eigenvalue weighted by atomic mass is 10.4. The first-order chi connectivity index (χ1) is 9.33. The van der Waals surface area contributed by atoms with Crippen molar-refractivity contribution in [2.75, 3.05) is 27.4 Å². The zero-order chi connectivity index (χ0) is 15.2.